The molecule has 2 N–H and O–H groups in total. The van der Waals surface area contributed by atoms with Gasteiger partial charge in [-0.25, -0.2) is 4.39 Å². The molecule has 5 nitrogen and oxygen atoms in total. The topological polar surface area (TPSA) is 84.6 Å². The Kier molecular flexibility index (Phi) is 9.28. The van der Waals surface area contributed by atoms with Gasteiger partial charge in [0, 0.05) is 24.6 Å². The van der Waals surface area contributed by atoms with E-state index in [1.165, 1.54) is 5.56 Å². The van der Waals surface area contributed by atoms with Gasteiger partial charge in [0.05, 0.1) is 17.7 Å². The largest absolute Gasteiger partial charge is 0.508 e. The number of aliphatic hydroxyl groups is 1. The maximum atomic E-state index is 16.1. The minimum Gasteiger partial charge on any atom is -0.508 e. The Morgan fingerprint density at radius 3 is 2.53 bits per heavy atom. The van der Waals surface area contributed by atoms with Gasteiger partial charge in [-0.15, -0.1) is 0 Å². The second-order valence-electron chi connectivity index (χ2n) is 13.9. The van der Waals surface area contributed by atoms with Gasteiger partial charge in [-0.1, -0.05) is 49.7 Å². The van der Waals surface area contributed by atoms with Gasteiger partial charge in [0.15, 0.2) is 0 Å². The van der Waals surface area contributed by atoms with Crippen LogP contribution in [0.15, 0.2) is 72.8 Å². The van der Waals surface area contributed by atoms with Crippen LogP contribution in [0, 0.1) is 34.5 Å². The summed E-state index contributed by atoms with van der Waals surface area (Å²) in [5.41, 5.74) is 4.09. The number of aryl methyl sites for hydroxylation is 1. The number of unbranched alkanes of at least 4 members (excludes halogenated alkanes) is 1. The van der Waals surface area contributed by atoms with Crippen molar-refractivity contribution in [1.82, 2.24) is 4.90 Å². The zero-order valence-electron chi connectivity index (χ0n) is 26.2. The van der Waals surface area contributed by atoms with Gasteiger partial charge in [0.25, 0.3) is 5.91 Å². The van der Waals surface area contributed by atoms with Gasteiger partial charge in [-0.3, -0.25) is 4.79 Å². The van der Waals surface area contributed by atoms with Crippen LogP contribution >= 0.6 is 0 Å². The van der Waals surface area contributed by atoms with Crippen molar-refractivity contribution in [3.63, 3.8) is 0 Å². The molecule has 6 rings (SSSR count). The quantitative estimate of drug-likeness (QED) is 0.232. The monoisotopic (exact) mass is 608 g/mol. The van der Waals surface area contributed by atoms with Crippen molar-refractivity contribution < 1.29 is 19.4 Å². The highest BCUT2D eigenvalue weighted by Crippen LogP contribution is 2.63. The molecular formula is C39H45FN2O3. The Hall–Kier alpha value is -3.69. The number of nitriles is 1. The molecule has 3 aliphatic carbocycles. The first kappa shape index (κ1) is 31.3. The van der Waals surface area contributed by atoms with E-state index in [1.54, 1.807) is 30.3 Å². The molecule has 0 aliphatic heterocycles. The summed E-state index contributed by atoms with van der Waals surface area (Å²) in [5.74, 6) is 0.719. The zero-order chi connectivity index (χ0) is 31.6. The first-order valence-electron chi connectivity index (χ1n) is 16.8. The van der Waals surface area contributed by atoms with Crippen molar-refractivity contribution in [2.75, 3.05) is 13.1 Å². The number of amides is 1. The lowest BCUT2D eigenvalue weighted by Gasteiger charge is -2.54. The minimum absolute atomic E-state index is 0.0158. The van der Waals surface area contributed by atoms with Crippen molar-refractivity contribution in [1.29, 1.82) is 5.26 Å². The lowest BCUT2D eigenvalue weighted by atomic mass is 9.51. The summed E-state index contributed by atoms with van der Waals surface area (Å²) in [7, 11) is 0. The van der Waals surface area contributed by atoms with Crippen molar-refractivity contribution in [2.45, 2.75) is 82.9 Å². The molecule has 0 spiro atoms. The highest BCUT2D eigenvalue weighted by molar-refractivity contribution is 5.94. The van der Waals surface area contributed by atoms with Gasteiger partial charge in [-0.05, 0) is 128 Å². The lowest BCUT2D eigenvalue weighted by molar-refractivity contribution is -0.0722. The Morgan fingerprint density at radius 2 is 1.78 bits per heavy atom. The number of phenols is 1. The number of phenolic OH excluding ortho intramolecular Hbond substituents is 1. The maximum absolute atomic E-state index is 16.1. The molecule has 0 bridgehead atoms. The first-order chi connectivity index (χ1) is 21.8. The van der Waals surface area contributed by atoms with Crippen LogP contribution in [0.5, 0.6) is 5.75 Å². The van der Waals surface area contributed by atoms with E-state index in [-0.39, 0.29) is 35.3 Å². The second-order valence-corrected chi connectivity index (χ2v) is 13.9. The molecule has 236 valence electrons. The predicted molar refractivity (Wildman–Crippen MR) is 174 cm³/mol. The summed E-state index contributed by atoms with van der Waals surface area (Å²) in [6.45, 7) is 3.39. The van der Waals surface area contributed by atoms with Crippen molar-refractivity contribution in [3.05, 3.63) is 101 Å². The molecule has 0 heterocycles. The highest BCUT2D eigenvalue weighted by atomic mass is 19.1. The summed E-state index contributed by atoms with van der Waals surface area (Å²) in [5, 5.41) is 30.4. The molecular weight excluding hydrogens is 563 g/mol. The van der Waals surface area contributed by atoms with Gasteiger partial charge in [0.1, 0.15) is 11.9 Å². The van der Waals surface area contributed by atoms with E-state index in [0.29, 0.717) is 30.6 Å². The van der Waals surface area contributed by atoms with E-state index >= 15 is 4.39 Å². The molecule has 0 saturated heterocycles. The molecule has 2 saturated carbocycles. The van der Waals surface area contributed by atoms with Gasteiger partial charge in [-0.2, -0.15) is 5.26 Å². The summed E-state index contributed by atoms with van der Waals surface area (Å²) < 4.78 is 16.1. The minimum atomic E-state index is -1.01. The third kappa shape index (κ3) is 6.38. The van der Waals surface area contributed by atoms with Crippen molar-refractivity contribution >= 4 is 5.91 Å². The number of aliphatic hydroxyl groups excluding tert-OH is 1. The molecule has 1 amide bonds. The van der Waals surface area contributed by atoms with Crippen LogP contribution in [0.25, 0.3) is 0 Å². The molecule has 2 fully saturated rings. The molecule has 3 aliphatic rings. The van der Waals surface area contributed by atoms with Crippen LogP contribution in [-0.4, -0.2) is 46.4 Å². The number of rotatable bonds is 10. The first-order valence-corrected chi connectivity index (χ1v) is 16.8. The number of fused-ring (bicyclic) bond motifs is 5. The van der Waals surface area contributed by atoms with Crippen LogP contribution < -0.4 is 0 Å². The molecule has 3 aromatic carbocycles. The fourth-order valence-corrected chi connectivity index (χ4v) is 9.05. The molecule has 3 aromatic rings. The highest BCUT2D eigenvalue weighted by Gasteiger charge is 2.59. The lowest BCUT2D eigenvalue weighted by Crippen LogP contribution is -2.51. The second kappa shape index (κ2) is 13.3. The number of carbonyl (C=O) groups excluding carboxylic acids is 1. The normalized spacial score (nSPS) is 28.4. The van der Waals surface area contributed by atoms with Crippen molar-refractivity contribution in [3.8, 4) is 11.8 Å². The number of benzene rings is 3. The summed E-state index contributed by atoms with van der Waals surface area (Å²) >= 11 is 0. The van der Waals surface area contributed by atoms with E-state index in [2.05, 4.69) is 25.1 Å². The van der Waals surface area contributed by atoms with Crippen molar-refractivity contribution in [2.24, 2.45) is 23.2 Å². The smallest absolute Gasteiger partial charge is 0.253 e. The van der Waals surface area contributed by atoms with E-state index in [9.17, 15) is 20.3 Å². The van der Waals surface area contributed by atoms with E-state index in [1.807, 2.05) is 35.2 Å². The predicted octanol–water partition coefficient (Wildman–Crippen LogP) is 7.60. The molecule has 45 heavy (non-hydrogen) atoms. The van der Waals surface area contributed by atoms with Gasteiger partial charge in [0.2, 0.25) is 0 Å². The maximum Gasteiger partial charge on any atom is 0.253 e. The number of carbonyl (C=O) groups is 1. The molecule has 0 unspecified atom stereocenters. The number of aromatic hydroxyl groups is 1. The average molecular weight is 609 g/mol. The summed E-state index contributed by atoms with van der Waals surface area (Å²) in [6, 6.07) is 24.8. The van der Waals surface area contributed by atoms with Crippen LogP contribution in [0.3, 0.4) is 0 Å². The standard InChI is InChI=1S/C39H45FN2O3/c1-39-24-34(40)37-32-17-16-31(43)23-30(32)22-29(36(37)33(39)18-19-35(39)44)11-5-6-20-42(21-7-10-26-8-3-2-4-9-26)38(45)28-14-12-27(25-41)13-15-28/h2-4,8-9,12-17,23,29,33-37,43-44H,5-7,10-11,18-22,24H2,1H3/t29-,33+,34+,35+,36+,37+,39+/m1/s1. The Morgan fingerprint density at radius 1 is 1.02 bits per heavy atom. The van der Waals surface area contributed by atoms with E-state index < -0.39 is 17.7 Å². The molecule has 7 atom stereocenters. The van der Waals surface area contributed by atoms with Gasteiger partial charge < -0.3 is 15.1 Å². The average Bonchev–Trinajstić information content (AvgIpc) is 3.34. The zero-order valence-corrected chi connectivity index (χ0v) is 26.2. The fraction of sp³-hybridized carbons (Fsp3) is 0.487. The third-order valence-corrected chi connectivity index (χ3v) is 11.3. The van der Waals surface area contributed by atoms with E-state index in [0.717, 1.165) is 62.5 Å². The van der Waals surface area contributed by atoms with Crippen LogP contribution in [-0.2, 0) is 12.8 Å². The summed E-state index contributed by atoms with van der Waals surface area (Å²) in [4.78, 5) is 15.6. The Balaban J connectivity index is 1.16. The number of nitrogens with zero attached hydrogens (tertiary/aromatic N) is 2. The molecule has 0 aromatic heterocycles. The van der Waals surface area contributed by atoms with E-state index in [4.69, 9.17) is 0 Å². The Bertz CT molecular complexity index is 1520. The summed E-state index contributed by atoms with van der Waals surface area (Å²) in [6.07, 6.45) is 5.85. The Labute approximate surface area is 266 Å². The molecule has 0 radical (unpaired) electrons. The SMILES string of the molecule is C[C@]12C[C@H](F)[C@@H]3c4ccc(O)cc4C[C@@H](CCCCN(CCCc4ccccc4)C(=O)c4ccc(C#N)cc4)[C@H]3[C@@H]1CC[C@@H]2O. The van der Waals surface area contributed by atoms with Gasteiger partial charge >= 0.3 is 0 Å². The number of hydrogen-bond donors (Lipinski definition) is 2. The molecule has 6 heteroatoms. The van der Waals surface area contributed by atoms with Crippen LogP contribution in [0.2, 0.25) is 0 Å². The number of alkyl halides is 1. The van der Waals surface area contributed by atoms with Crippen LogP contribution in [0.4, 0.5) is 4.39 Å². The third-order valence-electron chi connectivity index (χ3n) is 11.3. The van der Waals surface area contributed by atoms with Crippen LogP contribution in [0.1, 0.15) is 90.4 Å². The number of halogens is 1. The fourth-order valence-electron chi connectivity index (χ4n) is 9.05. The number of hydrogen-bond acceptors (Lipinski definition) is 4.